The Morgan fingerprint density at radius 3 is 2.52 bits per heavy atom. The Hall–Kier alpha value is -1.13. The fourth-order valence-electron chi connectivity index (χ4n) is 2.56. The van der Waals surface area contributed by atoms with E-state index in [1.54, 1.807) is 0 Å². The van der Waals surface area contributed by atoms with E-state index in [1.165, 1.54) is 5.56 Å². The highest BCUT2D eigenvalue weighted by Gasteiger charge is 2.15. The summed E-state index contributed by atoms with van der Waals surface area (Å²) in [4.78, 5) is 9.15. The third-order valence-electron chi connectivity index (χ3n) is 3.49. The molecule has 0 aliphatic carbocycles. The van der Waals surface area contributed by atoms with E-state index in [4.69, 9.17) is 0 Å². The van der Waals surface area contributed by atoms with E-state index >= 15 is 0 Å². The highest BCUT2D eigenvalue weighted by molar-refractivity contribution is 5.42. The lowest BCUT2D eigenvalue weighted by atomic mass is 10.2. The molecule has 4 heteroatoms. The molecule has 21 heavy (non-hydrogen) atoms. The number of hydrogen-bond donors (Lipinski definition) is 1. The average molecular weight is 292 g/mol. The molecule has 1 rings (SSSR count). The number of pyridine rings is 1. The van der Waals surface area contributed by atoms with Crippen LogP contribution in [0.5, 0.6) is 0 Å². The molecule has 0 radical (unpaired) electrons. The molecule has 0 aliphatic heterocycles. The summed E-state index contributed by atoms with van der Waals surface area (Å²) >= 11 is 0. The van der Waals surface area contributed by atoms with Crippen molar-refractivity contribution in [2.45, 2.75) is 40.3 Å². The van der Waals surface area contributed by atoms with Crippen molar-refractivity contribution >= 4 is 5.82 Å². The van der Waals surface area contributed by atoms with Gasteiger partial charge in [-0.25, -0.2) is 4.98 Å². The molecule has 0 aliphatic rings. The second-order valence-electron chi connectivity index (χ2n) is 6.44. The molecule has 1 atom stereocenters. The van der Waals surface area contributed by atoms with Gasteiger partial charge in [0.15, 0.2) is 0 Å². The summed E-state index contributed by atoms with van der Waals surface area (Å²) in [5.74, 6) is 1.76. The van der Waals surface area contributed by atoms with Crippen molar-refractivity contribution in [3.05, 3.63) is 23.9 Å². The first kappa shape index (κ1) is 17.9. The fourth-order valence-corrected chi connectivity index (χ4v) is 2.56. The molecule has 1 heterocycles. The number of aromatic nitrogens is 1. The number of nitrogens with zero attached hydrogens (tertiary/aromatic N) is 3. The smallest absolute Gasteiger partial charge is 0.129 e. The van der Waals surface area contributed by atoms with Gasteiger partial charge in [0.05, 0.1) is 0 Å². The number of rotatable bonds is 9. The normalized spacial score (nSPS) is 13.0. The van der Waals surface area contributed by atoms with E-state index in [9.17, 15) is 0 Å². The molecule has 4 nitrogen and oxygen atoms in total. The molecule has 1 N–H and O–H groups in total. The topological polar surface area (TPSA) is 31.4 Å². The van der Waals surface area contributed by atoms with Crippen molar-refractivity contribution in [3.8, 4) is 0 Å². The lowest BCUT2D eigenvalue weighted by Crippen LogP contribution is -2.40. The van der Waals surface area contributed by atoms with Crippen molar-refractivity contribution in [2.75, 3.05) is 38.6 Å². The number of anilines is 1. The summed E-state index contributed by atoms with van der Waals surface area (Å²) in [5.41, 5.74) is 1.30. The van der Waals surface area contributed by atoms with Crippen LogP contribution < -0.4 is 10.2 Å². The third-order valence-corrected chi connectivity index (χ3v) is 3.49. The molecule has 120 valence electrons. The fraction of sp³-hybridized carbons (Fsp3) is 0.706. The van der Waals surface area contributed by atoms with Gasteiger partial charge in [0.1, 0.15) is 5.82 Å². The van der Waals surface area contributed by atoms with E-state index in [0.717, 1.165) is 32.0 Å². The Balaban J connectivity index is 2.71. The predicted octanol–water partition coefficient (Wildman–Crippen LogP) is 2.60. The molecule has 1 unspecified atom stereocenters. The maximum Gasteiger partial charge on any atom is 0.129 e. The van der Waals surface area contributed by atoms with Crippen molar-refractivity contribution in [3.63, 3.8) is 0 Å². The van der Waals surface area contributed by atoms with Crippen LogP contribution in [-0.2, 0) is 6.54 Å². The second-order valence-corrected chi connectivity index (χ2v) is 6.44. The Morgan fingerprint density at radius 1 is 1.24 bits per heavy atom. The molecular formula is C17H32N4. The first-order valence-electron chi connectivity index (χ1n) is 8.01. The zero-order valence-corrected chi connectivity index (χ0v) is 14.6. The van der Waals surface area contributed by atoms with Gasteiger partial charge in [-0.1, -0.05) is 13.8 Å². The van der Waals surface area contributed by atoms with Crippen molar-refractivity contribution in [1.82, 2.24) is 15.2 Å². The minimum absolute atomic E-state index is 0.455. The van der Waals surface area contributed by atoms with Crippen LogP contribution in [-0.4, -0.2) is 49.7 Å². The molecule has 0 amide bonds. The summed E-state index contributed by atoms with van der Waals surface area (Å²) < 4.78 is 0. The molecule has 1 aromatic rings. The highest BCUT2D eigenvalue weighted by atomic mass is 15.2. The van der Waals surface area contributed by atoms with Gasteiger partial charge in [0, 0.05) is 31.9 Å². The lowest BCUT2D eigenvalue weighted by Gasteiger charge is -2.31. The molecule has 0 bridgehead atoms. The van der Waals surface area contributed by atoms with E-state index in [2.05, 4.69) is 74.0 Å². The van der Waals surface area contributed by atoms with Crippen LogP contribution in [0.4, 0.5) is 5.82 Å². The molecule has 0 spiro atoms. The van der Waals surface area contributed by atoms with E-state index < -0.39 is 0 Å². The molecule has 0 saturated carbocycles. The molecule has 0 fully saturated rings. The number of likely N-dealkylation sites (N-methyl/N-ethyl adjacent to an activating group) is 2. The van der Waals surface area contributed by atoms with Crippen LogP contribution in [0.3, 0.4) is 0 Å². The summed E-state index contributed by atoms with van der Waals surface area (Å²) in [6, 6.07) is 4.76. The van der Waals surface area contributed by atoms with E-state index in [0.29, 0.717) is 12.0 Å². The minimum Gasteiger partial charge on any atom is -0.353 e. The van der Waals surface area contributed by atoms with Crippen LogP contribution in [0.15, 0.2) is 18.3 Å². The van der Waals surface area contributed by atoms with Gasteiger partial charge in [0.25, 0.3) is 0 Å². The maximum absolute atomic E-state index is 4.56. The SMILES string of the molecule is CCN(c1cc(CNCC(C)C)ccn1)C(C)CN(C)C. The van der Waals surface area contributed by atoms with Crippen LogP contribution in [0, 0.1) is 5.92 Å². The monoisotopic (exact) mass is 292 g/mol. The Morgan fingerprint density at radius 2 is 1.95 bits per heavy atom. The Labute approximate surface area is 130 Å². The van der Waals surface area contributed by atoms with E-state index in [-0.39, 0.29) is 0 Å². The first-order chi connectivity index (χ1) is 9.93. The Kier molecular flexibility index (Phi) is 7.68. The number of nitrogens with one attached hydrogen (secondary N) is 1. The zero-order chi connectivity index (χ0) is 15.8. The summed E-state index contributed by atoms with van der Waals surface area (Å²) in [6.45, 7) is 12.9. The average Bonchev–Trinajstić information content (AvgIpc) is 2.38. The van der Waals surface area contributed by atoms with E-state index in [1.807, 2.05) is 6.20 Å². The first-order valence-corrected chi connectivity index (χ1v) is 8.01. The van der Waals surface area contributed by atoms with Gasteiger partial charge in [0.2, 0.25) is 0 Å². The number of hydrogen-bond acceptors (Lipinski definition) is 4. The quantitative estimate of drug-likeness (QED) is 0.758. The summed E-state index contributed by atoms with van der Waals surface area (Å²) in [7, 11) is 4.23. The Bertz CT molecular complexity index is 404. The van der Waals surface area contributed by atoms with Gasteiger partial charge < -0.3 is 15.1 Å². The second kappa shape index (κ2) is 9.00. The summed E-state index contributed by atoms with van der Waals surface area (Å²) in [6.07, 6.45) is 1.92. The molecule has 0 aromatic carbocycles. The standard InChI is InChI=1S/C17H32N4/c1-7-21(15(4)13-20(5)6)17-10-16(8-9-19-17)12-18-11-14(2)3/h8-10,14-15,18H,7,11-13H2,1-6H3. The van der Waals surface area contributed by atoms with Gasteiger partial charge in [-0.15, -0.1) is 0 Å². The maximum atomic E-state index is 4.56. The van der Waals surface area contributed by atoms with Crippen LogP contribution in [0.25, 0.3) is 0 Å². The zero-order valence-electron chi connectivity index (χ0n) is 14.6. The van der Waals surface area contributed by atoms with Gasteiger partial charge in [-0.2, -0.15) is 0 Å². The highest BCUT2D eigenvalue weighted by Crippen LogP contribution is 2.16. The van der Waals surface area contributed by atoms with Gasteiger partial charge in [-0.05, 0) is 58.1 Å². The molecular weight excluding hydrogens is 260 g/mol. The van der Waals surface area contributed by atoms with Crippen molar-refractivity contribution in [2.24, 2.45) is 5.92 Å². The van der Waals surface area contributed by atoms with Gasteiger partial charge in [-0.3, -0.25) is 0 Å². The molecule has 1 aromatic heterocycles. The summed E-state index contributed by atoms with van der Waals surface area (Å²) in [5, 5.41) is 3.49. The van der Waals surface area contributed by atoms with Crippen LogP contribution in [0.1, 0.15) is 33.3 Å². The predicted molar refractivity (Wildman–Crippen MR) is 91.8 cm³/mol. The van der Waals surface area contributed by atoms with Crippen molar-refractivity contribution < 1.29 is 0 Å². The minimum atomic E-state index is 0.455. The van der Waals surface area contributed by atoms with Crippen molar-refractivity contribution in [1.29, 1.82) is 0 Å². The van der Waals surface area contributed by atoms with Crippen LogP contribution in [0.2, 0.25) is 0 Å². The molecule has 0 saturated heterocycles. The lowest BCUT2D eigenvalue weighted by molar-refractivity contribution is 0.372. The van der Waals surface area contributed by atoms with Crippen LogP contribution >= 0.6 is 0 Å². The van der Waals surface area contributed by atoms with Gasteiger partial charge >= 0.3 is 0 Å². The largest absolute Gasteiger partial charge is 0.353 e. The third kappa shape index (κ3) is 6.44.